The van der Waals surface area contributed by atoms with Crippen LogP contribution in [0.25, 0.3) is 0 Å². The van der Waals surface area contributed by atoms with E-state index in [-0.39, 0.29) is 41.7 Å². The minimum atomic E-state index is -0.974. The standard InChI is InChI=1S/C31H45N3O6/c1-29-9-7-22(33-28(38)34-13-11-32-12-14-34)16-21(29)4-5-24-23(29)8-10-30(2)27(19-3-6-26(37)40-18-19)20(15-25(35)36)17-31(24,30)39/h3,6,18,20-24,27,32,39H,4-5,7-17H2,1-2H3,(H,33,38)(H,35,36)/t20-,21-,22+,23+,24-,27+,29+,30-,31+/m1/s1. The summed E-state index contributed by atoms with van der Waals surface area (Å²) in [6, 6.07) is 3.43. The van der Waals surface area contributed by atoms with E-state index in [9.17, 15) is 24.6 Å². The predicted molar refractivity (Wildman–Crippen MR) is 149 cm³/mol. The number of urea groups is 1. The summed E-state index contributed by atoms with van der Waals surface area (Å²) in [7, 11) is 0. The Hall–Kier alpha value is -2.39. The molecule has 5 aliphatic rings. The second kappa shape index (κ2) is 10.2. The van der Waals surface area contributed by atoms with Crippen molar-refractivity contribution in [3.8, 4) is 0 Å². The maximum Gasteiger partial charge on any atom is 0.335 e. The Morgan fingerprint density at radius 3 is 2.58 bits per heavy atom. The molecule has 2 heterocycles. The van der Waals surface area contributed by atoms with Gasteiger partial charge in [0.05, 0.1) is 11.9 Å². The number of carboxylic acids is 1. The number of rotatable bonds is 4. The normalized spacial score (nSPS) is 42.8. The van der Waals surface area contributed by atoms with Gasteiger partial charge in [-0.15, -0.1) is 0 Å². The second-order valence-corrected chi connectivity index (χ2v) is 14.0. The van der Waals surface area contributed by atoms with E-state index >= 15 is 0 Å². The predicted octanol–water partition coefficient (Wildman–Crippen LogP) is 3.57. The Labute approximate surface area is 236 Å². The Morgan fingerprint density at radius 2 is 1.88 bits per heavy atom. The molecular weight excluding hydrogens is 510 g/mol. The number of carbonyl (C=O) groups excluding carboxylic acids is 1. The smallest absolute Gasteiger partial charge is 0.335 e. The zero-order valence-corrected chi connectivity index (χ0v) is 23.9. The van der Waals surface area contributed by atoms with Crippen molar-refractivity contribution in [2.24, 2.45) is 34.5 Å². The third-order valence-corrected chi connectivity index (χ3v) is 12.3. The molecule has 9 heteroatoms. The summed E-state index contributed by atoms with van der Waals surface area (Å²) in [6.45, 7) is 7.76. The first-order valence-electron chi connectivity index (χ1n) is 15.3. The fourth-order valence-corrected chi connectivity index (χ4v) is 10.3. The molecule has 1 aromatic heterocycles. The number of aliphatic hydroxyl groups is 1. The molecule has 0 aromatic carbocycles. The van der Waals surface area contributed by atoms with Crippen LogP contribution in [-0.2, 0) is 4.79 Å². The highest BCUT2D eigenvalue weighted by molar-refractivity contribution is 5.74. The summed E-state index contributed by atoms with van der Waals surface area (Å²) in [5.74, 6) is -0.282. The molecule has 4 saturated carbocycles. The lowest BCUT2D eigenvalue weighted by atomic mass is 9.43. The van der Waals surface area contributed by atoms with Gasteiger partial charge < -0.3 is 30.2 Å². The summed E-state index contributed by atoms with van der Waals surface area (Å²) in [5.41, 5.74) is -0.977. The van der Waals surface area contributed by atoms with E-state index < -0.39 is 22.6 Å². The van der Waals surface area contributed by atoms with Crippen LogP contribution in [-0.4, -0.2) is 64.9 Å². The van der Waals surface area contributed by atoms with Crippen LogP contribution < -0.4 is 16.3 Å². The lowest BCUT2D eigenvalue weighted by molar-refractivity contribution is -0.202. The molecule has 0 bridgehead atoms. The number of nitrogens with zero attached hydrogens (tertiary/aromatic N) is 1. The Kier molecular flexibility index (Phi) is 7.05. The molecule has 220 valence electrons. The monoisotopic (exact) mass is 555 g/mol. The molecule has 4 aliphatic carbocycles. The number of hydrogen-bond donors (Lipinski definition) is 4. The maximum atomic E-state index is 12.9. The molecule has 0 unspecified atom stereocenters. The van der Waals surface area contributed by atoms with E-state index in [4.69, 9.17) is 4.42 Å². The number of carboxylic acid groups (broad SMARTS) is 1. The van der Waals surface area contributed by atoms with Crippen LogP contribution in [0.4, 0.5) is 4.79 Å². The van der Waals surface area contributed by atoms with Gasteiger partial charge in [-0.25, -0.2) is 9.59 Å². The van der Waals surface area contributed by atoms with Gasteiger partial charge in [0.15, 0.2) is 0 Å². The van der Waals surface area contributed by atoms with Crippen molar-refractivity contribution < 1.29 is 24.2 Å². The summed E-state index contributed by atoms with van der Waals surface area (Å²) in [5, 5.41) is 29.1. The molecule has 1 saturated heterocycles. The fraction of sp³-hybridized carbons (Fsp3) is 0.774. The number of fused-ring (bicyclic) bond motifs is 5. The molecule has 6 rings (SSSR count). The van der Waals surface area contributed by atoms with E-state index in [1.54, 1.807) is 6.07 Å². The average molecular weight is 556 g/mol. The van der Waals surface area contributed by atoms with E-state index in [1.807, 2.05) is 4.90 Å². The molecule has 40 heavy (non-hydrogen) atoms. The van der Waals surface area contributed by atoms with Crippen molar-refractivity contribution in [1.29, 1.82) is 0 Å². The zero-order chi connectivity index (χ0) is 28.3. The van der Waals surface area contributed by atoms with Crippen LogP contribution in [0.5, 0.6) is 0 Å². The van der Waals surface area contributed by atoms with Gasteiger partial charge in [0.25, 0.3) is 0 Å². The highest BCUT2D eigenvalue weighted by Crippen LogP contribution is 2.72. The SMILES string of the molecule is C[C@]12CC[C@H](NC(=O)N3CCNCC3)C[C@H]1CC[C@@H]1[C@@H]2CC[C@]2(C)[C@@H](c3ccc(=O)oc3)[C@H](CC(=O)O)C[C@]12O. The van der Waals surface area contributed by atoms with Gasteiger partial charge in [-0.05, 0) is 98.0 Å². The minimum absolute atomic E-state index is 0.00652. The Bertz CT molecular complexity index is 1180. The highest BCUT2D eigenvalue weighted by Gasteiger charge is 2.69. The number of aliphatic carboxylic acids is 1. The number of piperazine rings is 1. The molecular formula is C31H45N3O6. The first-order valence-corrected chi connectivity index (χ1v) is 15.3. The van der Waals surface area contributed by atoms with Crippen LogP contribution in [0.2, 0.25) is 0 Å². The van der Waals surface area contributed by atoms with Crippen LogP contribution in [0, 0.1) is 34.5 Å². The van der Waals surface area contributed by atoms with Gasteiger partial charge in [0, 0.05) is 50.1 Å². The number of hydrogen-bond acceptors (Lipinski definition) is 6. The van der Waals surface area contributed by atoms with Crippen LogP contribution >= 0.6 is 0 Å². The summed E-state index contributed by atoms with van der Waals surface area (Å²) in [4.78, 5) is 38.5. The molecule has 1 aromatic rings. The van der Waals surface area contributed by atoms with Gasteiger partial charge in [-0.3, -0.25) is 4.79 Å². The third-order valence-electron chi connectivity index (χ3n) is 12.3. The van der Waals surface area contributed by atoms with Gasteiger partial charge >= 0.3 is 17.6 Å². The van der Waals surface area contributed by atoms with Gasteiger partial charge in [0.2, 0.25) is 0 Å². The van der Waals surface area contributed by atoms with Crippen molar-refractivity contribution in [2.45, 2.75) is 89.2 Å². The number of carbonyl (C=O) groups is 2. The molecule has 0 radical (unpaired) electrons. The van der Waals surface area contributed by atoms with Crippen molar-refractivity contribution in [3.63, 3.8) is 0 Å². The third kappa shape index (κ3) is 4.39. The quantitative estimate of drug-likeness (QED) is 0.447. The second-order valence-electron chi connectivity index (χ2n) is 14.0. The summed E-state index contributed by atoms with van der Waals surface area (Å²) in [6.07, 6.45) is 8.67. The first-order chi connectivity index (χ1) is 19.0. The minimum Gasteiger partial charge on any atom is -0.481 e. The van der Waals surface area contributed by atoms with E-state index in [0.29, 0.717) is 18.3 Å². The largest absolute Gasteiger partial charge is 0.481 e. The van der Waals surface area contributed by atoms with Gasteiger partial charge in [-0.2, -0.15) is 0 Å². The Morgan fingerprint density at radius 1 is 1.10 bits per heavy atom. The van der Waals surface area contributed by atoms with Crippen molar-refractivity contribution >= 4 is 12.0 Å². The van der Waals surface area contributed by atoms with Crippen LogP contribution in [0.1, 0.15) is 83.1 Å². The summed E-state index contributed by atoms with van der Waals surface area (Å²) >= 11 is 0. The fourth-order valence-electron chi connectivity index (χ4n) is 10.3. The molecule has 1 aliphatic heterocycles. The molecule has 2 amide bonds. The van der Waals surface area contributed by atoms with Crippen molar-refractivity contribution in [2.75, 3.05) is 26.2 Å². The lowest BCUT2D eigenvalue weighted by Gasteiger charge is -2.63. The Balaban J connectivity index is 1.23. The zero-order valence-electron chi connectivity index (χ0n) is 23.9. The summed E-state index contributed by atoms with van der Waals surface area (Å²) < 4.78 is 5.23. The lowest BCUT2D eigenvalue weighted by Crippen LogP contribution is -2.62. The van der Waals surface area contributed by atoms with E-state index in [0.717, 1.165) is 76.7 Å². The van der Waals surface area contributed by atoms with Crippen LogP contribution in [0.3, 0.4) is 0 Å². The van der Waals surface area contributed by atoms with Gasteiger partial charge in [0.1, 0.15) is 0 Å². The topological polar surface area (TPSA) is 132 Å². The average Bonchev–Trinajstić information content (AvgIpc) is 3.15. The first kappa shape index (κ1) is 27.8. The van der Waals surface area contributed by atoms with Gasteiger partial charge in [-0.1, -0.05) is 13.8 Å². The molecule has 0 spiro atoms. The number of nitrogens with one attached hydrogen (secondary N) is 2. The van der Waals surface area contributed by atoms with E-state index in [2.05, 4.69) is 24.5 Å². The molecule has 9 atom stereocenters. The van der Waals surface area contributed by atoms with E-state index in [1.165, 1.54) is 12.3 Å². The number of amides is 2. The van der Waals surface area contributed by atoms with Crippen molar-refractivity contribution in [1.82, 2.24) is 15.5 Å². The molecule has 4 N–H and O–H groups in total. The van der Waals surface area contributed by atoms with Crippen molar-refractivity contribution in [3.05, 3.63) is 34.4 Å². The van der Waals surface area contributed by atoms with Crippen LogP contribution in [0.15, 0.2) is 27.6 Å². The molecule has 9 nitrogen and oxygen atoms in total. The maximum absolute atomic E-state index is 12.9. The highest BCUT2D eigenvalue weighted by atomic mass is 16.4. The molecule has 5 fully saturated rings.